The van der Waals surface area contributed by atoms with Gasteiger partial charge in [-0.25, -0.2) is 4.98 Å². The number of nitrogens with zero attached hydrogens (tertiary/aromatic N) is 3. The van der Waals surface area contributed by atoms with Crippen molar-refractivity contribution in [2.75, 3.05) is 44.2 Å². The number of halogens is 3. The molecule has 1 atom stereocenters. The van der Waals surface area contributed by atoms with Gasteiger partial charge < -0.3 is 14.7 Å². The van der Waals surface area contributed by atoms with Gasteiger partial charge >= 0.3 is 6.18 Å². The van der Waals surface area contributed by atoms with Crippen molar-refractivity contribution in [1.29, 1.82) is 0 Å². The fourth-order valence-corrected chi connectivity index (χ4v) is 3.11. The number of piperazine rings is 1. The Balaban J connectivity index is 1.38. The maximum atomic E-state index is 12.7. The van der Waals surface area contributed by atoms with Crippen LogP contribution in [0.5, 0.6) is 5.75 Å². The fourth-order valence-electron chi connectivity index (χ4n) is 3.11. The summed E-state index contributed by atoms with van der Waals surface area (Å²) in [6.07, 6.45) is -2.86. The number of aliphatic hydroxyl groups is 1. The smallest absolute Gasteiger partial charge is 0.416 e. The lowest BCUT2D eigenvalue weighted by atomic mass is 10.2. The third kappa shape index (κ3) is 5.84. The van der Waals surface area contributed by atoms with Crippen LogP contribution in [0.4, 0.5) is 19.0 Å². The average Bonchev–Trinajstić information content (AvgIpc) is 2.71. The van der Waals surface area contributed by atoms with Crippen molar-refractivity contribution < 1.29 is 23.0 Å². The number of hydrogen-bond acceptors (Lipinski definition) is 5. The van der Waals surface area contributed by atoms with Gasteiger partial charge in [-0.1, -0.05) is 12.1 Å². The molecular weight excluding hydrogens is 371 g/mol. The third-order valence-corrected chi connectivity index (χ3v) is 4.73. The first-order valence-corrected chi connectivity index (χ1v) is 9.28. The molecule has 1 aromatic heterocycles. The molecule has 1 saturated heterocycles. The summed E-state index contributed by atoms with van der Waals surface area (Å²) in [7, 11) is 0. The minimum atomic E-state index is -4.41. The zero-order chi connectivity index (χ0) is 20.0. The van der Waals surface area contributed by atoms with Gasteiger partial charge in [-0.2, -0.15) is 13.2 Å². The fraction of sp³-hybridized carbons (Fsp3) is 0.450. The molecule has 8 heteroatoms. The Labute approximate surface area is 162 Å². The second kappa shape index (κ2) is 9.25. The van der Waals surface area contributed by atoms with Gasteiger partial charge in [0.15, 0.2) is 0 Å². The topological polar surface area (TPSA) is 48.8 Å². The molecule has 5 nitrogen and oxygen atoms in total. The molecule has 152 valence electrons. The molecule has 2 aromatic rings. The summed E-state index contributed by atoms with van der Waals surface area (Å²) in [5, 5.41) is 10.1. The number of aromatic nitrogens is 1. The Kier molecular flexibility index (Phi) is 6.74. The van der Waals surface area contributed by atoms with Crippen molar-refractivity contribution in [3.63, 3.8) is 0 Å². The molecule has 0 bridgehead atoms. The zero-order valence-corrected chi connectivity index (χ0v) is 15.5. The highest BCUT2D eigenvalue weighted by atomic mass is 19.4. The van der Waals surface area contributed by atoms with Crippen molar-refractivity contribution in [3.8, 4) is 5.75 Å². The maximum Gasteiger partial charge on any atom is 0.416 e. The van der Waals surface area contributed by atoms with Crippen LogP contribution in [0.15, 0.2) is 48.7 Å². The highest BCUT2D eigenvalue weighted by Gasteiger charge is 2.30. The predicted octanol–water partition coefficient (Wildman–Crippen LogP) is 3.05. The predicted molar refractivity (Wildman–Crippen MR) is 100 cm³/mol. The second-order valence-corrected chi connectivity index (χ2v) is 6.80. The van der Waals surface area contributed by atoms with E-state index in [1.165, 1.54) is 12.1 Å². The van der Waals surface area contributed by atoms with Crippen LogP contribution in [0.1, 0.15) is 12.0 Å². The van der Waals surface area contributed by atoms with E-state index in [-0.39, 0.29) is 12.4 Å². The average molecular weight is 395 g/mol. The number of anilines is 1. The van der Waals surface area contributed by atoms with E-state index in [1.807, 2.05) is 18.2 Å². The highest BCUT2D eigenvalue weighted by Crippen LogP contribution is 2.31. The van der Waals surface area contributed by atoms with Gasteiger partial charge in [-0.15, -0.1) is 0 Å². The van der Waals surface area contributed by atoms with Gasteiger partial charge in [0.25, 0.3) is 0 Å². The number of ether oxygens (including phenoxy) is 1. The van der Waals surface area contributed by atoms with Gasteiger partial charge in [0.05, 0.1) is 11.7 Å². The van der Waals surface area contributed by atoms with Crippen LogP contribution in [0, 0.1) is 0 Å². The number of pyridine rings is 1. The second-order valence-electron chi connectivity index (χ2n) is 6.80. The molecule has 1 N–H and O–H groups in total. The van der Waals surface area contributed by atoms with E-state index in [4.69, 9.17) is 4.74 Å². The molecule has 1 unspecified atom stereocenters. The summed E-state index contributed by atoms with van der Waals surface area (Å²) in [4.78, 5) is 8.84. The molecule has 1 aromatic carbocycles. The lowest BCUT2D eigenvalue weighted by Crippen LogP contribution is -2.47. The van der Waals surface area contributed by atoms with Gasteiger partial charge in [0.2, 0.25) is 0 Å². The van der Waals surface area contributed by atoms with Gasteiger partial charge in [0.1, 0.15) is 18.2 Å². The minimum absolute atomic E-state index is 0.0325. The van der Waals surface area contributed by atoms with Gasteiger partial charge in [-0.3, -0.25) is 4.90 Å². The maximum absolute atomic E-state index is 12.7. The summed E-state index contributed by atoms with van der Waals surface area (Å²) in [5.41, 5.74) is -0.759. The molecule has 0 saturated carbocycles. The van der Waals surface area contributed by atoms with Crippen molar-refractivity contribution in [2.24, 2.45) is 0 Å². The van der Waals surface area contributed by atoms with E-state index in [2.05, 4.69) is 14.8 Å². The first-order valence-electron chi connectivity index (χ1n) is 9.28. The number of hydrogen-bond donors (Lipinski definition) is 1. The molecule has 2 heterocycles. The molecule has 28 heavy (non-hydrogen) atoms. The SMILES string of the molecule is OC(CCN1CCN(c2ccccn2)CC1)COc1cccc(C(F)(F)F)c1. The largest absolute Gasteiger partial charge is 0.491 e. The normalized spacial score (nSPS) is 16.8. The van der Waals surface area contributed by atoms with Crippen LogP contribution in [-0.4, -0.2) is 60.4 Å². The first kappa shape index (κ1) is 20.4. The number of aliphatic hydroxyl groups excluding tert-OH is 1. The molecule has 1 aliphatic rings. The summed E-state index contributed by atoms with van der Waals surface area (Å²) in [6, 6.07) is 10.5. The Morgan fingerprint density at radius 2 is 1.86 bits per heavy atom. The van der Waals surface area contributed by atoms with E-state index in [0.717, 1.165) is 44.1 Å². The molecule has 0 spiro atoms. The Morgan fingerprint density at radius 1 is 1.07 bits per heavy atom. The van der Waals surface area contributed by atoms with E-state index >= 15 is 0 Å². The Bertz CT molecular complexity index is 735. The van der Waals surface area contributed by atoms with Crippen LogP contribution in [0.25, 0.3) is 0 Å². The molecule has 1 aliphatic heterocycles. The lowest BCUT2D eigenvalue weighted by molar-refractivity contribution is -0.137. The van der Waals surface area contributed by atoms with Crippen LogP contribution >= 0.6 is 0 Å². The van der Waals surface area contributed by atoms with E-state index in [9.17, 15) is 18.3 Å². The lowest BCUT2D eigenvalue weighted by Gasteiger charge is -2.35. The number of rotatable bonds is 7. The van der Waals surface area contributed by atoms with E-state index in [1.54, 1.807) is 6.20 Å². The minimum Gasteiger partial charge on any atom is -0.491 e. The summed E-state index contributed by atoms with van der Waals surface area (Å²) in [5.74, 6) is 1.08. The van der Waals surface area contributed by atoms with Crippen molar-refractivity contribution in [3.05, 3.63) is 54.2 Å². The zero-order valence-electron chi connectivity index (χ0n) is 15.5. The third-order valence-electron chi connectivity index (χ3n) is 4.73. The Hall–Kier alpha value is -2.32. The van der Waals surface area contributed by atoms with E-state index < -0.39 is 17.8 Å². The van der Waals surface area contributed by atoms with Crippen molar-refractivity contribution in [2.45, 2.75) is 18.7 Å². The van der Waals surface area contributed by atoms with Gasteiger partial charge in [0, 0.05) is 38.9 Å². The summed E-state index contributed by atoms with van der Waals surface area (Å²) in [6.45, 7) is 4.16. The standard InChI is InChI=1S/C20H24F3N3O2/c21-20(22,23)16-4-3-5-18(14-16)28-15-17(27)7-9-25-10-12-26(13-11-25)19-6-1-2-8-24-19/h1-6,8,14,17,27H,7,9-13,15H2. The van der Waals surface area contributed by atoms with Crippen LogP contribution in [0.3, 0.4) is 0 Å². The van der Waals surface area contributed by atoms with Crippen LogP contribution < -0.4 is 9.64 Å². The van der Waals surface area contributed by atoms with Crippen LogP contribution in [0.2, 0.25) is 0 Å². The summed E-state index contributed by atoms with van der Waals surface area (Å²) < 4.78 is 43.5. The van der Waals surface area contributed by atoms with Crippen molar-refractivity contribution >= 4 is 5.82 Å². The molecule has 0 radical (unpaired) electrons. The quantitative estimate of drug-likeness (QED) is 0.781. The van der Waals surface area contributed by atoms with Crippen LogP contribution in [-0.2, 0) is 6.18 Å². The molecule has 1 fully saturated rings. The Morgan fingerprint density at radius 3 is 2.54 bits per heavy atom. The number of benzene rings is 1. The molecular formula is C20H24F3N3O2. The number of alkyl halides is 3. The molecule has 0 aliphatic carbocycles. The van der Waals surface area contributed by atoms with E-state index in [0.29, 0.717) is 13.0 Å². The highest BCUT2D eigenvalue weighted by molar-refractivity contribution is 5.38. The first-order chi connectivity index (χ1) is 13.4. The van der Waals surface area contributed by atoms with Crippen molar-refractivity contribution in [1.82, 2.24) is 9.88 Å². The van der Waals surface area contributed by atoms with Gasteiger partial charge in [-0.05, 0) is 36.8 Å². The monoisotopic (exact) mass is 395 g/mol. The molecule has 3 rings (SSSR count). The molecule has 0 amide bonds. The summed E-state index contributed by atoms with van der Waals surface area (Å²) >= 11 is 0.